The molecule has 0 fully saturated rings. The molecular formula is C34H41FN4. The number of nitrogens with zero attached hydrogens (tertiary/aromatic N) is 1. The molecule has 0 spiro atoms. The molecule has 4 nitrogen and oxygen atoms in total. The Morgan fingerprint density at radius 3 is 2.38 bits per heavy atom. The molecule has 0 bridgehead atoms. The Balaban J connectivity index is 0.00000371. The van der Waals surface area contributed by atoms with E-state index in [2.05, 4.69) is 62.0 Å². The lowest BCUT2D eigenvalue weighted by atomic mass is 9.98. The van der Waals surface area contributed by atoms with Crippen LogP contribution in [0.15, 0.2) is 120 Å². The van der Waals surface area contributed by atoms with Gasteiger partial charge in [-0.15, -0.1) is 12.8 Å². The third kappa shape index (κ3) is 10.0. The highest BCUT2D eigenvalue weighted by Gasteiger charge is 2.11. The van der Waals surface area contributed by atoms with Crippen molar-refractivity contribution in [3.63, 3.8) is 0 Å². The number of hydrogen-bond donors (Lipinski definition) is 3. The van der Waals surface area contributed by atoms with Crippen LogP contribution in [0, 0.1) is 25.6 Å². The second kappa shape index (κ2) is 16.3. The molecule has 0 radical (unpaired) electrons. The molecule has 0 unspecified atom stereocenters. The lowest BCUT2D eigenvalue weighted by Crippen LogP contribution is -2.20. The molecule has 2 rings (SSSR count). The predicted octanol–water partition coefficient (Wildman–Crippen LogP) is 8.12. The zero-order valence-electron chi connectivity index (χ0n) is 23.8. The number of aromatic nitrogens is 1. The highest BCUT2D eigenvalue weighted by molar-refractivity contribution is 5.72. The molecule has 0 saturated heterocycles. The van der Waals surface area contributed by atoms with E-state index < -0.39 is 0 Å². The summed E-state index contributed by atoms with van der Waals surface area (Å²) in [5, 5.41) is 6.69. The van der Waals surface area contributed by atoms with Gasteiger partial charge in [-0.2, -0.15) is 0 Å². The molecule has 0 aliphatic rings. The van der Waals surface area contributed by atoms with Gasteiger partial charge < -0.3 is 16.4 Å². The molecule has 204 valence electrons. The largest absolute Gasteiger partial charge is 0.399 e. The van der Waals surface area contributed by atoms with E-state index in [0.717, 1.165) is 44.8 Å². The van der Waals surface area contributed by atoms with Gasteiger partial charge in [0.15, 0.2) is 0 Å². The molecule has 4 N–H and O–H groups in total. The minimum atomic E-state index is -0.278. The fraction of sp³-hybridized carbons (Fsp3) is 0.206. The van der Waals surface area contributed by atoms with Crippen molar-refractivity contribution in [1.82, 2.24) is 10.3 Å². The maximum Gasteiger partial charge on any atom is 0.133 e. The van der Waals surface area contributed by atoms with E-state index in [-0.39, 0.29) is 11.9 Å². The van der Waals surface area contributed by atoms with E-state index in [1.807, 2.05) is 57.2 Å². The van der Waals surface area contributed by atoms with Gasteiger partial charge in [0.1, 0.15) is 11.6 Å². The van der Waals surface area contributed by atoms with Crippen LogP contribution < -0.4 is 16.4 Å². The first-order valence-corrected chi connectivity index (χ1v) is 12.7. The Hall–Kier alpha value is -4.56. The van der Waals surface area contributed by atoms with Crippen LogP contribution in [-0.4, -0.2) is 11.0 Å². The number of allylic oxidation sites excluding steroid dienone is 9. The second-order valence-electron chi connectivity index (χ2n) is 9.03. The van der Waals surface area contributed by atoms with Gasteiger partial charge in [-0.25, -0.2) is 9.37 Å². The zero-order chi connectivity index (χ0) is 29.5. The molecule has 39 heavy (non-hydrogen) atoms. The number of rotatable bonds is 12. The Labute approximate surface area is 234 Å². The zero-order valence-corrected chi connectivity index (χ0v) is 23.8. The standard InChI is InChI=1S/C32H39FN4.C2H2/c1-9-25(20-29(10-2)36-21(4)5)22(6)17-27(31(34)11-3)18-23(7)37-32-24(8)30(15-16-35-32)26-13-12-14-28(33)19-26;1-2/h9-17,19-21,36H,2,6-7,18,34H2,1,3-5,8H3,(H,35,37);1-2H/b25-9+,27-17-,29-20+,31-11+;. The number of nitrogens with two attached hydrogens (primary N) is 1. The Kier molecular flexibility index (Phi) is 13.6. The summed E-state index contributed by atoms with van der Waals surface area (Å²) in [6, 6.07) is 8.69. The summed E-state index contributed by atoms with van der Waals surface area (Å²) in [6.45, 7) is 22.4. The first-order valence-electron chi connectivity index (χ1n) is 12.7. The molecule has 2 aromatic rings. The predicted molar refractivity (Wildman–Crippen MR) is 167 cm³/mol. The third-order valence-corrected chi connectivity index (χ3v) is 5.74. The van der Waals surface area contributed by atoms with Crippen LogP contribution in [-0.2, 0) is 0 Å². The lowest BCUT2D eigenvalue weighted by molar-refractivity contribution is 0.628. The summed E-state index contributed by atoms with van der Waals surface area (Å²) in [5.74, 6) is 0.386. The number of hydrogen-bond acceptors (Lipinski definition) is 4. The van der Waals surface area contributed by atoms with Gasteiger partial charge in [0.2, 0.25) is 0 Å². The second-order valence-corrected chi connectivity index (χ2v) is 9.03. The minimum absolute atomic E-state index is 0.278. The number of pyridine rings is 1. The maximum atomic E-state index is 13.8. The third-order valence-electron chi connectivity index (χ3n) is 5.74. The van der Waals surface area contributed by atoms with Gasteiger partial charge in [0.05, 0.1) is 0 Å². The molecule has 1 heterocycles. The Bertz CT molecular complexity index is 1320. The van der Waals surface area contributed by atoms with Crippen LogP contribution in [0.4, 0.5) is 10.2 Å². The van der Waals surface area contributed by atoms with Crippen molar-refractivity contribution in [1.29, 1.82) is 0 Å². The van der Waals surface area contributed by atoms with E-state index in [0.29, 0.717) is 17.9 Å². The number of benzene rings is 1. The van der Waals surface area contributed by atoms with Crippen LogP contribution in [0.5, 0.6) is 0 Å². The van der Waals surface area contributed by atoms with Crippen molar-refractivity contribution in [2.75, 3.05) is 5.32 Å². The maximum absolute atomic E-state index is 13.8. The van der Waals surface area contributed by atoms with Crippen LogP contribution in [0.25, 0.3) is 11.1 Å². The normalized spacial score (nSPS) is 12.3. The summed E-state index contributed by atoms with van der Waals surface area (Å²) in [7, 11) is 0. The highest BCUT2D eigenvalue weighted by Crippen LogP contribution is 2.29. The molecule has 5 heteroatoms. The highest BCUT2D eigenvalue weighted by atomic mass is 19.1. The molecule has 0 amide bonds. The first kappa shape index (κ1) is 32.5. The Morgan fingerprint density at radius 2 is 1.82 bits per heavy atom. The van der Waals surface area contributed by atoms with Gasteiger partial charge >= 0.3 is 0 Å². The monoisotopic (exact) mass is 524 g/mol. The average molecular weight is 525 g/mol. The molecule has 0 aliphatic heterocycles. The van der Waals surface area contributed by atoms with E-state index in [1.54, 1.807) is 18.3 Å². The van der Waals surface area contributed by atoms with Crippen molar-refractivity contribution >= 4 is 5.82 Å². The quantitative estimate of drug-likeness (QED) is 0.194. The van der Waals surface area contributed by atoms with Crippen LogP contribution >= 0.6 is 0 Å². The molecule has 1 aromatic heterocycles. The number of terminal acetylenes is 1. The van der Waals surface area contributed by atoms with Crippen molar-refractivity contribution in [2.45, 2.75) is 47.1 Å². The van der Waals surface area contributed by atoms with Gasteiger partial charge in [-0.1, -0.05) is 44.0 Å². The molecule has 0 aliphatic carbocycles. The van der Waals surface area contributed by atoms with Crippen molar-refractivity contribution in [3.05, 3.63) is 132 Å². The summed E-state index contributed by atoms with van der Waals surface area (Å²) >= 11 is 0. The smallest absolute Gasteiger partial charge is 0.133 e. The number of nitrogens with one attached hydrogen (secondary N) is 2. The Morgan fingerprint density at radius 1 is 1.13 bits per heavy atom. The van der Waals surface area contributed by atoms with Gasteiger partial charge in [0, 0.05) is 35.8 Å². The topological polar surface area (TPSA) is 63.0 Å². The van der Waals surface area contributed by atoms with Crippen LogP contribution in [0.1, 0.15) is 39.7 Å². The first-order chi connectivity index (χ1) is 18.6. The van der Waals surface area contributed by atoms with E-state index >= 15 is 0 Å². The number of anilines is 1. The molecule has 0 atom stereocenters. The summed E-state index contributed by atoms with van der Waals surface area (Å²) < 4.78 is 13.8. The molecule has 1 aromatic carbocycles. The summed E-state index contributed by atoms with van der Waals surface area (Å²) in [6.07, 6.45) is 19.8. The minimum Gasteiger partial charge on any atom is -0.399 e. The van der Waals surface area contributed by atoms with Crippen molar-refractivity contribution < 1.29 is 4.39 Å². The van der Waals surface area contributed by atoms with Crippen molar-refractivity contribution in [2.24, 2.45) is 5.73 Å². The van der Waals surface area contributed by atoms with E-state index in [9.17, 15) is 4.39 Å². The fourth-order valence-electron chi connectivity index (χ4n) is 3.81. The van der Waals surface area contributed by atoms with Gasteiger partial charge in [-0.05, 0) is 104 Å². The lowest BCUT2D eigenvalue weighted by Gasteiger charge is -2.17. The SMILES string of the molecule is C#C.C=C/C(=C\C(=C/C)C(=C)/C=C(CC(=C)Nc1nccc(-c2cccc(F)c2)c1C)\C(N)=C/C)NC(C)C. The van der Waals surface area contributed by atoms with E-state index in [4.69, 9.17) is 5.73 Å². The molecular weight excluding hydrogens is 483 g/mol. The van der Waals surface area contributed by atoms with Crippen molar-refractivity contribution in [3.8, 4) is 24.0 Å². The van der Waals surface area contributed by atoms with Gasteiger partial charge in [0.25, 0.3) is 0 Å². The fourth-order valence-corrected chi connectivity index (χ4v) is 3.81. The van der Waals surface area contributed by atoms with Crippen LogP contribution in [0.2, 0.25) is 0 Å². The summed E-state index contributed by atoms with van der Waals surface area (Å²) in [4.78, 5) is 4.49. The molecule has 0 saturated carbocycles. The summed E-state index contributed by atoms with van der Waals surface area (Å²) in [5.41, 5.74) is 13.9. The average Bonchev–Trinajstić information content (AvgIpc) is 2.92. The van der Waals surface area contributed by atoms with E-state index in [1.165, 1.54) is 12.1 Å². The van der Waals surface area contributed by atoms with Crippen LogP contribution in [0.3, 0.4) is 0 Å². The number of halogens is 1. The van der Waals surface area contributed by atoms with Gasteiger partial charge in [-0.3, -0.25) is 0 Å².